The molecule has 2 aromatic heterocycles. The number of aryl methyl sites for hydroxylation is 1. The molecular formula is C15H20N2O3S. The number of nitrogens with one attached hydrogen (secondary N) is 1. The molecule has 1 atom stereocenters. The molecule has 0 radical (unpaired) electrons. The van der Waals surface area contributed by atoms with E-state index in [-0.39, 0.29) is 11.4 Å². The van der Waals surface area contributed by atoms with Crippen molar-refractivity contribution in [3.05, 3.63) is 23.2 Å². The van der Waals surface area contributed by atoms with Gasteiger partial charge in [0.05, 0.1) is 10.2 Å². The Hall–Kier alpha value is -1.82. The van der Waals surface area contributed by atoms with E-state index in [4.69, 9.17) is 4.74 Å². The van der Waals surface area contributed by atoms with Crippen LogP contribution >= 0.6 is 11.3 Å². The van der Waals surface area contributed by atoms with Crippen LogP contribution in [-0.4, -0.2) is 28.1 Å². The number of amides is 1. The largest absolute Gasteiger partial charge is 0.448 e. The quantitative estimate of drug-likeness (QED) is 0.887. The smallest absolute Gasteiger partial charge is 0.355 e. The molecule has 0 aromatic carbocycles. The highest BCUT2D eigenvalue weighted by molar-refractivity contribution is 7.17. The Morgan fingerprint density at radius 3 is 2.62 bits per heavy atom. The fourth-order valence-electron chi connectivity index (χ4n) is 1.99. The number of hydrogen-bond acceptors (Lipinski definition) is 4. The molecule has 2 heterocycles. The number of carbonyl (C=O) groups excluding carboxylic acids is 2. The van der Waals surface area contributed by atoms with Crippen molar-refractivity contribution in [2.45, 2.75) is 39.3 Å². The van der Waals surface area contributed by atoms with E-state index in [0.29, 0.717) is 5.69 Å². The number of rotatable bonds is 3. The molecule has 114 valence electrons. The van der Waals surface area contributed by atoms with Gasteiger partial charge >= 0.3 is 5.97 Å². The number of thiophene rings is 1. The summed E-state index contributed by atoms with van der Waals surface area (Å²) in [6.07, 6.45) is -0.829. The first-order chi connectivity index (χ1) is 9.69. The van der Waals surface area contributed by atoms with Crippen LogP contribution in [0.1, 0.15) is 38.2 Å². The lowest BCUT2D eigenvalue weighted by Crippen LogP contribution is -2.46. The Bertz CT molecular complexity index is 679. The molecule has 0 aliphatic carbocycles. The maximum atomic E-state index is 12.2. The number of hydrogen-bond donors (Lipinski definition) is 1. The highest BCUT2D eigenvalue weighted by atomic mass is 32.1. The Balaban J connectivity index is 2.09. The molecule has 1 N–H and O–H groups in total. The maximum absolute atomic E-state index is 12.2. The van der Waals surface area contributed by atoms with E-state index in [1.165, 1.54) is 0 Å². The van der Waals surface area contributed by atoms with Crippen LogP contribution in [0, 0.1) is 0 Å². The number of esters is 1. The normalized spacial score (nSPS) is 13.2. The number of carbonyl (C=O) groups is 2. The van der Waals surface area contributed by atoms with Gasteiger partial charge in [0.25, 0.3) is 5.91 Å². The number of aromatic nitrogens is 1. The van der Waals surface area contributed by atoms with Gasteiger partial charge in [0.1, 0.15) is 5.69 Å². The summed E-state index contributed by atoms with van der Waals surface area (Å²) >= 11 is 1.56. The van der Waals surface area contributed by atoms with E-state index in [0.717, 1.165) is 10.2 Å². The van der Waals surface area contributed by atoms with Gasteiger partial charge in [-0.15, -0.1) is 11.3 Å². The second-order valence-corrected chi connectivity index (χ2v) is 6.99. The fraction of sp³-hybridized carbons (Fsp3) is 0.467. The Morgan fingerprint density at radius 1 is 1.38 bits per heavy atom. The molecule has 1 amide bonds. The lowest BCUT2D eigenvalue weighted by atomic mass is 10.1. The number of nitrogens with zero attached hydrogens (tertiary/aromatic N) is 1. The minimum atomic E-state index is -0.829. The molecule has 0 unspecified atom stereocenters. The van der Waals surface area contributed by atoms with E-state index in [1.807, 2.05) is 39.3 Å². The summed E-state index contributed by atoms with van der Waals surface area (Å²) in [4.78, 5) is 24.1. The predicted molar refractivity (Wildman–Crippen MR) is 83.6 cm³/mol. The van der Waals surface area contributed by atoms with Crippen LogP contribution < -0.4 is 5.32 Å². The molecule has 0 aliphatic rings. The predicted octanol–water partition coefficient (Wildman–Crippen LogP) is 2.70. The van der Waals surface area contributed by atoms with E-state index in [1.54, 1.807) is 28.9 Å². The topological polar surface area (TPSA) is 60.3 Å². The Kier molecular flexibility index (Phi) is 4.09. The molecule has 6 heteroatoms. The molecule has 0 aliphatic heterocycles. The standard InChI is InChI=1S/C15H20N2O3S/c1-9(13(18)16-15(2,3)4)20-14(19)11-8-12-10(17(11)5)6-7-21-12/h6-9H,1-5H3,(H,16,18)/t9-/m1/s1. The summed E-state index contributed by atoms with van der Waals surface area (Å²) in [6, 6.07) is 3.74. The van der Waals surface area contributed by atoms with Crippen LogP contribution in [0.3, 0.4) is 0 Å². The summed E-state index contributed by atoms with van der Waals surface area (Å²) in [6.45, 7) is 7.21. The van der Waals surface area contributed by atoms with E-state index >= 15 is 0 Å². The van der Waals surface area contributed by atoms with Crippen molar-refractivity contribution in [1.82, 2.24) is 9.88 Å². The molecular weight excluding hydrogens is 288 g/mol. The lowest BCUT2D eigenvalue weighted by molar-refractivity contribution is -0.130. The van der Waals surface area contributed by atoms with Gasteiger partial charge in [-0.2, -0.15) is 0 Å². The van der Waals surface area contributed by atoms with Crippen molar-refractivity contribution in [3.63, 3.8) is 0 Å². The van der Waals surface area contributed by atoms with Crippen LogP contribution in [0.2, 0.25) is 0 Å². The molecule has 0 saturated carbocycles. The average molecular weight is 308 g/mol. The van der Waals surface area contributed by atoms with Gasteiger partial charge in [0.2, 0.25) is 0 Å². The molecule has 0 spiro atoms. The fourth-order valence-corrected chi connectivity index (χ4v) is 2.84. The van der Waals surface area contributed by atoms with Crippen LogP contribution in [0.15, 0.2) is 17.5 Å². The molecule has 2 rings (SSSR count). The van der Waals surface area contributed by atoms with Crippen LogP contribution in [-0.2, 0) is 16.6 Å². The average Bonchev–Trinajstić information content (AvgIpc) is 2.90. The molecule has 0 bridgehead atoms. The molecule has 5 nitrogen and oxygen atoms in total. The third-order valence-electron chi connectivity index (χ3n) is 3.02. The maximum Gasteiger partial charge on any atom is 0.355 e. The molecule has 21 heavy (non-hydrogen) atoms. The monoisotopic (exact) mass is 308 g/mol. The van der Waals surface area contributed by atoms with Gasteiger partial charge in [0, 0.05) is 12.6 Å². The SMILES string of the molecule is C[C@@H](OC(=O)c1cc2sccc2n1C)C(=O)NC(C)(C)C. The van der Waals surface area contributed by atoms with Crippen molar-refractivity contribution in [1.29, 1.82) is 0 Å². The zero-order valence-electron chi connectivity index (χ0n) is 12.9. The first-order valence-corrected chi connectivity index (χ1v) is 7.63. The third kappa shape index (κ3) is 3.44. The second kappa shape index (κ2) is 5.52. The van der Waals surface area contributed by atoms with Gasteiger partial charge in [-0.1, -0.05) is 0 Å². The van der Waals surface area contributed by atoms with Gasteiger partial charge in [-0.05, 0) is 45.2 Å². The zero-order valence-corrected chi connectivity index (χ0v) is 13.7. The number of ether oxygens (including phenoxy) is 1. The first-order valence-electron chi connectivity index (χ1n) is 6.75. The summed E-state index contributed by atoms with van der Waals surface area (Å²) in [5, 5.41) is 4.76. The first kappa shape index (κ1) is 15.6. The zero-order chi connectivity index (χ0) is 15.8. The van der Waals surface area contributed by atoms with Gasteiger partial charge < -0.3 is 14.6 Å². The van der Waals surface area contributed by atoms with E-state index in [2.05, 4.69) is 5.32 Å². The minimum Gasteiger partial charge on any atom is -0.448 e. The van der Waals surface area contributed by atoms with Crippen molar-refractivity contribution < 1.29 is 14.3 Å². The number of fused-ring (bicyclic) bond motifs is 1. The highest BCUT2D eigenvalue weighted by Gasteiger charge is 2.24. The van der Waals surface area contributed by atoms with Crippen molar-refractivity contribution >= 4 is 33.4 Å². The Morgan fingerprint density at radius 2 is 2.05 bits per heavy atom. The minimum absolute atomic E-state index is 0.299. The summed E-state index contributed by atoms with van der Waals surface area (Å²) < 4.78 is 8.06. The molecule has 2 aromatic rings. The van der Waals surface area contributed by atoms with Crippen molar-refractivity contribution in [3.8, 4) is 0 Å². The highest BCUT2D eigenvalue weighted by Crippen LogP contribution is 2.24. The van der Waals surface area contributed by atoms with Gasteiger partial charge in [-0.3, -0.25) is 4.79 Å². The lowest BCUT2D eigenvalue weighted by Gasteiger charge is -2.23. The van der Waals surface area contributed by atoms with Gasteiger partial charge in [0.15, 0.2) is 6.10 Å². The van der Waals surface area contributed by atoms with E-state index in [9.17, 15) is 9.59 Å². The van der Waals surface area contributed by atoms with Crippen molar-refractivity contribution in [2.24, 2.45) is 7.05 Å². The van der Waals surface area contributed by atoms with Crippen LogP contribution in [0.25, 0.3) is 10.2 Å². The van der Waals surface area contributed by atoms with Crippen molar-refractivity contribution in [2.75, 3.05) is 0 Å². The van der Waals surface area contributed by atoms with E-state index < -0.39 is 12.1 Å². The van der Waals surface area contributed by atoms with Crippen LogP contribution in [0.5, 0.6) is 0 Å². The second-order valence-electron chi connectivity index (χ2n) is 6.05. The molecule has 0 saturated heterocycles. The summed E-state index contributed by atoms with van der Waals surface area (Å²) in [5.74, 6) is -0.788. The molecule has 0 fully saturated rings. The summed E-state index contributed by atoms with van der Waals surface area (Å²) in [5.41, 5.74) is 1.08. The van der Waals surface area contributed by atoms with Crippen LogP contribution in [0.4, 0.5) is 0 Å². The summed E-state index contributed by atoms with van der Waals surface area (Å²) in [7, 11) is 1.81. The Labute approximate surface area is 127 Å². The third-order valence-corrected chi connectivity index (χ3v) is 3.88. The van der Waals surface area contributed by atoms with Gasteiger partial charge in [-0.25, -0.2) is 4.79 Å².